The van der Waals surface area contributed by atoms with Gasteiger partial charge in [-0.2, -0.15) is 5.10 Å². The Morgan fingerprint density at radius 1 is 1.36 bits per heavy atom. The molecule has 3 rings (SSSR count). The Bertz CT molecular complexity index is 656. The fraction of sp³-hybridized carbons (Fsp3) is 0.529. The Morgan fingerprint density at radius 2 is 2.14 bits per heavy atom. The van der Waals surface area contributed by atoms with E-state index in [-0.39, 0.29) is 5.91 Å². The Morgan fingerprint density at radius 3 is 2.86 bits per heavy atom. The van der Waals surface area contributed by atoms with Gasteiger partial charge in [0, 0.05) is 11.9 Å². The van der Waals surface area contributed by atoms with Crippen LogP contribution in [0.25, 0.3) is 10.9 Å². The molecule has 0 radical (unpaired) electrons. The van der Waals surface area contributed by atoms with Crippen molar-refractivity contribution in [3.05, 3.63) is 29.5 Å². The van der Waals surface area contributed by atoms with Crippen LogP contribution in [0, 0.1) is 5.92 Å². The molecule has 1 fully saturated rings. The van der Waals surface area contributed by atoms with E-state index in [1.807, 2.05) is 6.07 Å². The van der Waals surface area contributed by atoms with Crippen LogP contribution in [-0.4, -0.2) is 35.7 Å². The summed E-state index contributed by atoms with van der Waals surface area (Å²) < 4.78 is 0. The van der Waals surface area contributed by atoms with Gasteiger partial charge in [0.2, 0.25) is 0 Å². The van der Waals surface area contributed by atoms with Gasteiger partial charge in [-0.15, -0.1) is 0 Å². The lowest BCUT2D eigenvalue weighted by Crippen LogP contribution is -2.36. The molecule has 5 nitrogen and oxygen atoms in total. The highest BCUT2D eigenvalue weighted by Gasteiger charge is 2.18. The predicted octanol–water partition coefficient (Wildman–Crippen LogP) is 2.42. The topological polar surface area (TPSA) is 69.8 Å². The van der Waals surface area contributed by atoms with Crippen LogP contribution in [0.3, 0.4) is 0 Å². The highest BCUT2D eigenvalue weighted by atomic mass is 16.1. The van der Waals surface area contributed by atoms with E-state index in [0.29, 0.717) is 17.5 Å². The number of nitrogens with zero attached hydrogens (tertiary/aromatic N) is 1. The van der Waals surface area contributed by atoms with Crippen LogP contribution in [0.5, 0.6) is 0 Å². The Labute approximate surface area is 130 Å². The minimum absolute atomic E-state index is 0.0781. The molecule has 5 heteroatoms. The second kappa shape index (κ2) is 6.48. The average Bonchev–Trinajstić information content (AvgIpc) is 2.96. The van der Waals surface area contributed by atoms with Gasteiger partial charge in [-0.1, -0.05) is 19.9 Å². The number of fused-ring (bicyclic) bond motifs is 1. The van der Waals surface area contributed by atoms with E-state index >= 15 is 0 Å². The number of amides is 1. The normalized spacial score (nSPS) is 16.3. The summed E-state index contributed by atoms with van der Waals surface area (Å²) in [5.74, 6) is 0.928. The van der Waals surface area contributed by atoms with Crippen molar-refractivity contribution in [1.29, 1.82) is 0 Å². The first-order chi connectivity index (χ1) is 10.6. The summed E-state index contributed by atoms with van der Waals surface area (Å²) in [5.41, 5.74) is 2.64. The second-order valence-electron chi connectivity index (χ2n) is 6.44. The molecular weight excluding hydrogens is 276 g/mol. The number of carbonyl (C=O) groups excluding carboxylic acids is 1. The molecule has 22 heavy (non-hydrogen) atoms. The van der Waals surface area contributed by atoms with Crippen LogP contribution in [0.2, 0.25) is 0 Å². The molecular formula is C17H24N4O. The van der Waals surface area contributed by atoms with Crippen LogP contribution < -0.4 is 10.6 Å². The summed E-state index contributed by atoms with van der Waals surface area (Å²) in [4.78, 5) is 12.4. The van der Waals surface area contributed by atoms with Gasteiger partial charge in [0.05, 0.1) is 5.52 Å². The number of hydrogen-bond donors (Lipinski definition) is 3. The maximum absolute atomic E-state index is 12.4. The number of hydrogen-bond acceptors (Lipinski definition) is 3. The molecule has 2 aromatic rings. The van der Waals surface area contributed by atoms with Gasteiger partial charge in [-0.3, -0.25) is 9.89 Å². The van der Waals surface area contributed by atoms with Crippen molar-refractivity contribution in [2.24, 2.45) is 5.92 Å². The van der Waals surface area contributed by atoms with Gasteiger partial charge in [0.15, 0.2) is 5.69 Å². The number of carbonyl (C=O) groups is 1. The van der Waals surface area contributed by atoms with E-state index in [9.17, 15) is 4.79 Å². The van der Waals surface area contributed by atoms with Gasteiger partial charge >= 0.3 is 0 Å². The van der Waals surface area contributed by atoms with Crippen LogP contribution in [-0.2, 0) is 0 Å². The van der Waals surface area contributed by atoms with Gasteiger partial charge in [0.25, 0.3) is 5.91 Å². The molecule has 0 atom stereocenters. The maximum atomic E-state index is 12.4. The molecule has 2 heterocycles. The van der Waals surface area contributed by atoms with E-state index in [0.717, 1.165) is 43.4 Å². The van der Waals surface area contributed by atoms with E-state index in [1.165, 1.54) is 5.56 Å². The summed E-state index contributed by atoms with van der Waals surface area (Å²) >= 11 is 0. The Balaban J connectivity index is 1.74. The van der Waals surface area contributed by atoms with E-state index in [2.05, 4.69) is 46.8 Å². The van der Waals surface area contributed by atoms with Crippen molar-refractivity contribution in [2.45, 2.75) is 32.6 Å². The van der Waals surface area contributed by atoms with Crippen molar-refractivity contribution in [1.82, 2.24) is 20.8 Å². The fourth-order valence-corrected chi connectivity index (χ4v) is 2.97. The molecule has 3 N–H and O–H groups in total. The van der Waals surface area contributed by atoms with Crippen LogP contribution in [0.4, 0.5) is 0 Å². The number of piperidine rings is 1. The summed E-state index contributed by atoms with van der Waals surface area (Å²) in [5, 5.41) is 14.5. The molecule has 0 unspecified atom stereocenters. The first-order valence-electron chi connectivity index (χ1n) is 8.12. The smallest absolute Gasteiger partial charge is 0.272 e. The van der Waals surface area contributed by atoms with Gasteiger partial charge in [0.1, 0.15) is 0 Å². The van der Waals surface area contributed by atoms with Crippen molar-refractivity contribution in [2.75, 3.05) is 19.6 Å². The molecule has 1 aromatic heterocycles. The third kappa shape index (κ3) is 3.14. The number of benzene rings is 1. The number of nitrogens with one attached hydrogen (secondary N) is 3. The minimum Gasteiger partial charge on any atom is -0.350 e. The number of aromatic nitrogens is 2. The van der Waals surface area contributed by atoms with Crippen molar-refractivity contribution in [3.63, 3.8) is 0 Å². The first-order valence-corrected chi connectivity index (χ1v) is 8.12. The quantitative estimate of drug-likeness (QED) is 0.812. The van der Waals surface area contributed by atoms with Crippen molar-refractivity contribution in [3.8, 4) is 0 Å². The van der Waals surface area contributed by atoms with Crippen LogP contribution >= 0.6 is 0 Å². The minimum atomic E-state index is -0.0781. The number of rotatable bonds is 4. The van der Waals surface area contributed by atoms with Crippen molar-refractivity contribution >= 4 is 16.8 Å². The molecule has 118 valence electrons. The summed E-state index contributed by atoms with van der Waals surface area (Å²) in [6.45, 7) is 7.13. The standard InChI is InChI=1S/C17H24N4O/c1-11(2)13-3-4-15-14(9-13)16(21-20-15)17(22)19-10-12-5-7-18-8-6-12/h3-4,9,11-12,18H,5-8,10H2,1-2H3,(H,19,22)(H,20,21). The number of aromatic amines is 1. The molecule has 1 aromatic carbocycles. The van der Waals surface area contributed by atoms with Gasteiger partial charge < -0.3 is 10.6 Å². The molecule has 1 saturated heterocycles. The fourth-order valence-electron chi connectivity index (χ4n) is 2.97. The molecule has 0 saturated carbocycles. The van der Waals surface area contributed by atoms with Gasteiger partial charge in [-0.05, 0) is 55.5 Å². The molecule has 1 aliphatic heterocycles. The summed E-state index contributed by atoms with van der Waals surface area (Å²) in [6.07, 6.45) is 2.25. The van der Waals surface area contributed by atoms with E-state index < -0.39 is 0 Å². The highest BCUT2D eigenvalue weighted by molar-refractivity contribution is 6.04. The molecule has 0 spiro atoms. The second-order valence-corrected chi connectivity index (χ2v) is 6.44. The molecule has 1 aliphatic rings. The lowest BCUT2D eigenvalue weighted by Gasteiger charge is -2.22. The zero-order valence-electron chi connectivity index (χ0n) is 13.3. The highest BCUT2D eigenvalue weighted by Crippen LogP contribution is 2.22. The molecule has 1 amide bonds. The SMILES string of the molecule is CC(C)c1ccc2[nH]nc(C(=O)NCC3CCNCC3)c2c1. The first kappa shape index (κ1) is 15.0. The third-order valence-electron chi connectivity index (χ3n) is 4.48. The summed E-state index contributed by atoms with van der Waals surface area (Å²) in [7, 11) is 0. The average molecular weight is 300 g/mol. The molecule has 0 aliphatic carbocycles. The van der Waals surface area contributed by atoms with E-state index in [1.54, 1.807) is 0 Å². The predicted molar refractivity (Wildman–Crippen MR) is 88.1 cm³/mol. The van der Waals surface area contributed by atoms with Crippen LogP contribution in [0.15, 0.2) is 18.2 Å². The largest absolute Gasteiger partial charge is 0.350 e. The monoisotopic (exact) mass is 300 g/mol. The Kier molecular flexibility index (Phi) is 4.43. The lowest BCUT2D eigenvalue weighted by molar-refractivity contribution is 0.0941. The zero-order chi connectivity index (χ0) is 15.5. The van der Waals surface area contributed by atoms with Crippen molar-refractivity contribution < 1.29 is 4.79 Å². The molecule has 0 bridgehead atoms. The lowest BCUT2D eigenvalue weighted by atomic mass is 9.98. The Hall–Kier alpha value is -1.88. The summed E-state index contributed by atoms with van der Waals surface area (Å²) in [6, 6.07) is 6.16. The maximum Gasteiger partial charge on any atom is 0.272 e. The zero-order valence-corrected chi connectivity index (χ0v) is 13.3. The van der Waals surface area contributed by atoms with Crippen LogP contribution in [0.1, 0.15) is 48.7 Å². The van der Waals surface area contributed by atoms with Gasteiger partial charge in [-0.25, -0.2) is 0 Å². The third-order valence-corrected chi connectivity index (χ3v) is 4.48. The number of H-pyrrole nitrogens is 1. The van der Waals surface area contributed by atoms with E-state index in [4.69, 9.17) is 0 Å².